The molecule has 126 valence electrons. The van der Waals surface area contributed by atoms with E-state index in [0.29, 0.717) is 26.1 Å². The standard InChI is InChI=1S/C15H27N3O4/c1-5-9-18-12(19)10-11(13(18)20)16-7-6-8-17-14(21)22-15(2,3)4/h11,16H,5-10H2,1-4H3,(H,17,21). The van der Waals surface area contributed by atoms with E-state index in [1.165, 1.54) is 4.90 Å². The van der Waals surface area contributed by atoms with Crippen LogP contribution < -0.4 is 10.6 Å². The third-order valence-corrected chi connectivity index (χ3v) is 3.10. The Morgan fingerprint density at radius 1 is 1.32 bits per heavy atom. The van der Waals surface area contributed by atoms with E-state index >= 15 is 0 Å². The maximum Gasteiger partial charge on any atom is 0.407 e. The van der Waals surface area contributed by atoms with Gasteiger partial charge in [-0.15, -0.1) is 0 Å². The third kappa shape index (κ3) is 6.01. The van der Waals surface area contributed by atoms with Gasteiger partial charge < -0.3 is 15.4 Å². The number of carbonyl (C=O) groups excluding carboxylic acids is 3. The summed E-state index contributed by atoms with van der Waals surface area (Å²) in [6.45, 7) is 8.84. The van der Waals surface area contributed by atoms with Gasteiger partial charge in [-0.3, -0.25) is 14.5 Å². The van der Waals surface area contributed by atoms with E-state index in [0.717, 1.165) is 6.42 Å². The van der Waals surface area contributed by atoms with Crippen molar-refractivity contribution in [1.29, 1.82) is 0 Å². The maximum atomic E-state index is 12.0. The molecule has 0 aliphatic carbocycles. The summed E-state index contributed by atoms with van der Waals surface area (Å²) in [5.41, 5.74) is -0.512. The zero-order chi connectivity index (χ0) is 16.8. The summed E-state index contributed by atoms with van der Waals surface area (Å²) in [7, 11) is 0. The molecule has 1 fully saturated rings. The van der Waals surface area contributed by atoms with Crippen LogP contribution in [0.3, 0.4) is 0 Å². The molecule has 0 spiro atoms. The Morgan fingerprint density at radius 2 is 2.00 bits per heavy atom. The third-order valence-electron chi connectivity index (χ3n) is 3.10. The Hall–Kier alpha value is -1.63. The number of likely N-dealkylation sites (tertiary alicyclic amines) is 1. The van der Waals surface area contributed by atoms with Crippen LogP contribution in [0.4, 0.5) is 4.79 Å². The van der Waals surface area contributed by atoms with E-state index in [2.05, 4.69) is 10.6 Å². The van der Waals surface area contributed by atoms with E-state index < -0.39 is 17.7 Å². The molecule has 1 aliphatic heterocycles. The molecule has 0 saturated carbocycles. The van der Waals surface area contributed by atoms with E-state index in [1.54, 1.807) is 20.8 Å². The number of hydrogen-bond donors (Lipinski definition) is 2. The molecule has 7 nitrogen and oxygen atoms in total. The smallest absolute Gasteiger partial charge is 0.407 e. The van der Waals surface area contributed by atoms with Crippen LogP contribution >= 0.6 is 0 Å². The Morgan fingerprint density at radius 3 is 2.59 bits per heavy atom. The van der Waals surface area contributed by atoms with Crippen molar-refractivity contribution in [3.63, 3.8) is 0 Å². The number of nitrogens with zero attached hydrogens (tertiary/aromatic N) is 1. The highest BCUT2D eigenvalue weighted by atomic mass is 16.6. The van der Waals surface area contributed by atoms with Crippen molar-refractivity contribution in [3.05, 3.63) is 0 Å². The second-order valence-electron chi connectivity index (χ2n) is 6.38. The summed E-state index contributed by atoms with van der Waals surface area (Å²) in [5, 5.41) is 5.72. The van der Waals surface area contributed by atoms with Crippen molar-refractivity contribution in [2.45, 2.75) is 58.6 Å². The van der Waals surface area contributed by atoms with Gasteiger partial charge in [-0.05, 0) is 40.2 Å². The van der Waals surface area contributed by atoms with Gasteiger partial charge in [0.2, 0.25) is 11.8 Å². The first-order valence-electron chi connectivity index (χ1n) is 7.79. The van der Waals surface area contributed by atoms with Crippen LogP contribution in [0, 0.1) is 0 Å². The molecule has 7 heteroatoms. The number of ether oxygens (including phenoxy) is 1. The monoisotopic (exact) mass is 313 g/mol. The first-order chi connectivity index (χ1) is 10.2. The molecule has 0 aromatic rings. The summed E-state index contributed by atoms with van der Waals surface area (Å²) in [6.07, 6.45) is 1.20. The minimum atomic E-state index is -0.512. The fraction of sp³-hybridized carbons (Fsp3) is 0.800. The molecular weight excluding hydrogens is 286 g/mol. The van der Waals surface area contributed by atoms with Gasteiger partial charge in [0.25, 0.3) is 0 Å². The molecule has 0 bridgehead atoms. The zero-order valence-corrected chi connectivity index (χ0v) is 13.9. The molecule has 0 radical (unpaired) electrons. The van der Waals surface area contributed by atoms with Gasteiger partial charge in [0, 0.05) is 13.1 Å². The van der Waals surface area contributed by atoms with E-state index in [9.17, 15) is 14.4 Å². The molecule has 3 amide bonds. The summed E-state index contributed by atoms with van der Waals surface area (Å²) < 4.78 is 5.11. The number of nitrogens with one attached hydrogen (secondary N) is 2. The highest BCUT2D eigenvalue weighted by molar-refractivity contribution is 6.05. The Balaban J connectivity index is 2.19. The first-order valence-corrected chi connectivity index (χ1v) is 7.79. The van der Waals surface area contributed by atoms with E-state index in [-0.39, 0.29) is 18.2 Å². The van der Waals surface area contributed by atoms with Crippen molar-refractivity contribution in [2.24, 2.45) is 0 Å². The number of carbonyl (C=O) groups is 3. The highest BCUT2D eigenvalue weighted by Crippen LogP contribution is 2.13. The second kappa shape index (κ2) is 8.12. The van der Waals surface area contributed by atoms with Crippen molar-refractivity contribution in [3.8, 4) is 0 Å². The zero-order valence-electron chi connectivity index (χ0n) is 13.9. The molecule has 1 heterocycles. The van der Waals surface area contributed by atoms with Crippen molar-refractivity contribution in [2.75, 3.05) is 19.6 Å². The van der Waals surface area contributed by atoms with E-state index in [4.69, 9.17) is 4.74 Å². The molecule has 2 N–H and O–H groups in total. The Bertz CT molecular complexity index is 418. The van der Waals surface area contributed by atoms with Crippen LogP contribution in [0.25, 0.3) is 0 Å². The van der Waals surface area contributed by atoms with Crippen LogP contribution in [0.15, 0.2) is 0 Å². The van der Waals surface area contributed by atoms with Crippen molar-refractivity contribution in [1.82, 2.24) is 15.5 Å². The molecule has 1 rings (SSSR count). The van der Waals surface area contributed by atoms with Gasteiger partial charge in [0.1, 0.15) is 5.60 Å². The topological polar surface area (TPSA) is 87.7 Å². The molecular formula is C15H27N3O4. The van der Waals surface area contributed by atoms with Gasteiger partial charge in [0.05, 0.1) is 12.5 Å². The van der Waals surface area contributed by atoms with Gasteiger partial charge in [0.15, 0.2) is 0 Å². The van der Waals surface area contributed by atoms with Crippen LogP contribution in [0.1, 0.15) is 47.0 Å². The molecule has 1 aliphatic rings. The lowest BCUT2D eigenvalue weighted by atomic mass is 10.2. The normalized spacial score (nSPS) is 18.7. The number of alkyl carbamates (subject to hydrolysis) is 1. The fourth-order valence-corrected chi connectivity index (χ4v) is 2.17. The largest absolute Gasteiger partial charge is 0.444 e. The molecule has 0 aromatic carbocycles. The molecule has 1 saturated heterocycles. The lowest BCUT2D eigenvalue weighted by molar-refractivity contribution is -0.138. The highest BCUT2D eigenvalue weighted by Gasteiger charge is 2.37. The fourth-order valence-electron chi connectivity index (χ4n) is 2.17. The van der Waals surface area contributed by atoms with Crippen molar-refractivity contribution < 1.29 is 19.1 Å². The van der Waals surface area contributed by atoms with Gasteiger partial charge >= 0.3 is 6.09 Å². The Labute approximate surface area is 131 Å². The maximum absolute atomic E-state index is 12.0. The van der Waals surface area contributed by atoms with Gasteiger partial charge in [-0.25, -0.2) is 4.79 Å². The van der Waals surface area contributed by atoms with Gasteiger partial charge in [-0.1, -0.05) is 6.92 Å². The summed E-state index contributed by atoms with van der Waals surface area (Å²) in [5.74, 6) is -0.261. The average Bonchev–Trinajstić information content (AvgIpc) is 2.64. The number of hydrogen-bond acceptors (Lipinski definition) is 5. The van der Waals surface area contributed by atoms with E-state index in [1.807, 2.05) is 6.92 Å². The summed E-state index contributed by atoms with van der Waals surface area (Å²) in [6, 6.07) is -0.430. The minimum absolute atomic E-state index is 0.115. The number of amides is 3. The Kier molecular flexibility index (Phi) is 6.80. The van der Waals surface area contributed by atoms with Crippen LogP contribution in [-0.4, -0.2) is 54.1 Å². The van der Waals surface area contributed by atoms with Crippen molar-refractivity contribution >= 4 is 17.9 Å². The molecule has 1 atom stereocenters. The number of rotatable bonds is 7. The number of imide groups is 1. The van der Waals surface area contributed by atoms with Crippen LogP contribution in [0.2, 0.25) is 0 Å². The SMILES string of the molecule is CCCN1C(=O)CC(NCCCNC(=O)OC(C)(C)C)C1=O. The lowest BCUT2D eigenvalue weighted by Gasteiger charge is -2.19. The van der Waals surface area contributed by atoms with Crippen LogP contribution in [0.5, 0.6) is 0 Å². The second-order valence-corrected chi connectivity index (χ2v) is 6.38. The van der Waals surface area contributed by atoms with Crippen LogP contribution in [-0.2, 0) is 14.3 Å². The molecule has 1 unspecified atom stereocenters. The van der Waals surface area contributed by atoms with Gasteiger partial charge in [-0.2, -0.15) is 0 Å². The molecule has 0 aromatic heterocycles. The average molecular weight is 313 g/mol. The first kappa shape index (κ1) is 18.4. The lowest BCUT2D eigenvalue weighted by Crippen LogP contribution is -2.40. The predicted molar refractivity (Wildman–Crippen MR) is 82.3 cm³/mol. The summed E-state index contributed by atoms with van der Waals surface area (Å²) >= 11 is 0. The summed E-state index contributed by atoms with van der Waals surface area (Å²) in [4.78, 5) is 36.4. The minimum Gasteiger partial charge on any atom is -0.444 e. The molecule has 22 heavy (non-hydrogen) atoms. The predicted octanol–water partition coefficient (Wildman–Crippen LogP) is 1.03. The quantitative estimate of drug-likeness (QED) is 0.541.